The minimum atomic E-state index is -0.222. The molecule has 1 heterocycles. The molecule has 0 radical (unpaired) electrons. The zero-order valence-electron chi connectivity index (χ0n) is 10.9. The zero-order valence-corrected chi connectivity index (χ0v) is 11.7. The van der Waals surface area contributed by atoms with Crippen LogP contribution in [-0.4, -0.2) is 12.3 Å². The molecule has 0 aromatic heterocycles. The molecule has 0 amide bonds. The number of rotatable bonds is 4. The van der Waals surface area contributed by atoms with Gasteiger partial charge in [0.05, 0.1) is 5.36 Å². The van der Waals surface area contributed by atoms with E-state index in [2.05, 4.69) is 6.07 Å². The van der Waals surface area contributed by atoms with Gasteiger partial charge in [0.2, 0.25) is 0 Å². The summed E-state index contributed by atoms with van der Waals surface area (Å²) < 4.78 is 13.1. The number of halogens is 1. The Balaban J connectivity index is 2.07. The SMILES string of the molecule is NCCSC1=c2ccccc2=N[C@H]1c1ccc(F)cc1. The second-order valence-corrected chi connectivity index (χ2v) is 5.74. The predicted molar refractivity (Wildman–Crippen MR) is 81.3 cm³/mol. The van der Waals surface area contributed by atoms with E-state index in [1.165, 1.54) is 22.3 Å². The Labute approximate surface area is 121 Å². The minimum absolute atomic E-state index is 0.0375. The summed E-state index contributed by atoms with van der Waals surface area (Å²) in [5, 5.41) is 2.17. The van der Waals surface area contributed by atoms with E-state index in [4.69, 9.17) is 10.7 Å². The van der Waals surface area contributed by atoms with Gasteiger partial charge in [0.25, 0.3) is 0 Å². The number of nitrogens with two attached hydrogens (primary N) is 1. The molecule has 4 heteroatoms. The Morgan fingerprint density at radius 1 is 1.10 bits per heavy atom. The Morgan fingerprint density at radius 2 is 1.85 bits per heavy atom. The number of hydrogen-bond acceptors (Lipinski definition) is 3. The van der Waals surface area contributed by atoms with Crippen LogP contribution in [0, 0.1) is 5.82 Å². The van der Waals surface area contributed by atoms with Gasteiger partial charge in [-0.1, -0.05) is 30.3 Å². The molecule has 0 fully saturated rings. The molecule has 0 bridgehead atoms. The smallest absolute Gasteiger partial charge is 0.123 e. The molecule has 1 aliphatic rings. The van der Waals surface area contributed by atoms with Gasteiger partial charge in [0.1, 0.15) is 11.9 Å². The van der Waals surface area contributed by atoms with Crippen molar-refractivity contribution in [2.75, 3.05) is 12.3 Å². The molecule has 0 spiro atoms. The Hall–Kier alpha value is -1.65. The highest BCUT2D eigenvalue weighted by atomic mass is 32.2. The first kappa shape index (κ1) is 13.3. The van der Waals surface area contributed by atoms with E-state index in [-0.39, 0.29) is 11.9 Å². The molecule has 0 saturated heterocycles. The number of nitrogens with zero attached hydrogens (tertiary/aromatic N) is 1. The number of hydrogen-bond donors (Lipinski definition) is 1. The fourth-order valence-corrected chi connectivity index (χ4v) is 3.35. The normalized spacial score (nSPS) is 16.9. The van der Waals surface area contributed by atoms with E-state index in [9.17, 15) is 4.39 Å². The molecule has 20 heavy (non-hydrogen) atoms. The van der Waals surface area contributed by atoms with Crippen LogP contribution in [0.25, 0.3) is 4.91 Å². The van der Waals surface area contributed by atoms with Gasteiger partial charge in [-0.15, -0.1) is 11.8 Å². The van der Waals surface area contributed by atoms with Crippen LogP contribution in [0.5, 0.6) is 0 Å². The lowest BCUT2D eigenvalue weighted by atomic mass is 10.1. The van der Waals surface area contributed by atoms with Crippen molar-refractivity contribution in [2.24, 2.45) is 10.7 Å². The third-order valence-electron chi connectivity index (χ3n) is 3.25. The molecule has 102 valence electrons. The summed E-state index contributed by atoms with van der Waals surface area (Å²) in [6.45, 7) is 0.631. The summed E-state index contributed by atoms with van der Waals surface area (Å²) in [5.74, 6) is 0.636. The second-order valence-electron chi connectivity index (χ2n) is 4.60. The Morgan fingerprint density at radius 3 is 2.60 bits per heavy atom. The van der Waals surface area contributed by atoms with Gasteiger partial charge >= 0.3 is 0 Å². The van der Waals surface area contributed by atoms with Crippen LogP contribution in [0.4, 0.5) is 4.39 Å². The molecule has 2 aromatic rings. The van der Waals surface area contributed by atoms with Crippen molar-refractivity contribution >= 4 is 16.7 Å². The molecule has 0 aliphatic carbocycles. The van der Waals surface area contributed by atoms with Crippen LogP contribution in [0.1, 0.15) is 11.6 Å². The lowest BCUT2D eigenvalue weighted by molar-refractivity contribution is 0.626. The van der Waals surface area contributed by atoms with Gasteiger partial charge in [0, 0.05) is 22.4 Å². The Bertz CT molecular complexity index is 725. The maximum atomic E-state index is 13.1. The largest absolute Gasteiger partial charge is 0.330 e. The number of fused-ring (bicyclic) bond motifs is 1. The average molecular weight is 286 g/mol. The molecule has 1 atom stereocenters. The molecular formula is C16H15FN2S. The van der Waals surface area contributed by atoms with Crippen molar-refractivity contribution in [3.05, 3.63) is 70.5 Å². The summed E-state index contributed by atoms with van der Waals surface area (Å²) in [6, 6.07) is 14.6. The highest BCUT2D eigenvalue weighted by Crippen LogP contribution is 2.35. The van der Waals surface area contributed by atoms with Crippen molar-refractivity contribution in [2.45, 2.75) is 6.04 Å². The maximum absolute atomic E-state index is 13.1. The van der Waals surface area contributed by atoms with Crippen molar-refractivity contribution < 1.29 is 4.39 Å². The lowest BCUT2D eigenvalue weighted by Gasteiger charge is -2.13. The van der Waals surface area contributed by atoms with Crippen molar-refractivity contribution in [3.8, 4) is 0 Å². The molecule has 2 nitrogen and oxygen atoms in total. The van der Waals surface area contributed by atoms with E-state index in [0.29, 0.717) is 6.54 Å². The van der Waals surface area contributed by atoms with Gasteiger partial charge in [-0.05, 0) is 23.8 Å². The summed E-state index contributed by atoms with van der Waals surface area (Å²) in [6.07, 6.45) is 0. The first-order valence-corrected chi connectivity index (χ1v) is 7.53. The van der Waals surface area contributed by atoms with Crippen LogP contribution >= 0.6 is 11.8 Å². The van der Waals surface area contributed by atoms with E-state index in [0.717, 1.165) is 16.7 Å². The van der Waals surface area contributed by atoms with Gasteiger partial charge in [0.15, 0.2) is 0 Å². The highest BCUT2D eigenvalue weighted by molar-refractivity contribution is 8.08. The van der Waals surface area contributed by atoms with Crippen molar-refractivity contribution in [1.29, 1.82) is 0 Å². The number of para-hydroxylation sites is 1. The van der Waals surface area contributed by atoms with Crippen LogP contribution < -0.4 is 16.3 Å². The van der Waals surface area contributed by atoms with E-state index in [1.54, 1.807) is 23.9 Å². The fourth-order valence-electron chi connectivity index (χ4n) is 2.34. The molecule has 2 N–H and O–H groups in total. The quantitative estimate of drug-likeness (QED) is 0.933. The molecule has 1 aliphatic heterocycles. The van der Waals surface area contributed by atoms with Gasteiger partial charge in [-0.25, -0.2) is 4.39 Å². The molecule has 3 rings (SSSR count). The third-order valence-corrected chi connectivity index (χ3v) is 4.44. The predicted octanol–water partition coefficient (Wildman–Crippen LogP) is 2.00. The van der Waals surface area contributed by atoms with Crippen molar-refractivity contribution in [1.82, 2.24) is 0 Å². The average Bonchev–Trinajstić information content (AvgIpc) is 2.84. The summed E-state index contributed by atoms with van der Waals surface area (Å²) in [4.78, 5) is 5.97. The first-order valence-electron chi connectivity index (χ1n) is 6.55. The van der Waals surface area contributed by atoms with Crippen LogP contribution in [0.3, 0.4) is 0 Å². The standard InChI is InChI=1S/C16H15FN2S/c17-12-7-5-11(6-8-12)15-16(20-10-9-18)13-3-1-2-4-14(13)19-15/h1-8,15H,9-10,18H2/t15-/m0/s1. The second kappa shape index (κ2) is 5.77. The van der Waals surface area contributed by atoms with Gasteiger partial charge in [-0.2, -0.15) is 0 Å². The highest BCUT2D eigenvalue weighted by Gasteiger charge is 2.21. The monoisotopic (exact) mass is 286 g/mol. The molecule has 0 unspecified atom stereocenters. The number of thioether (sulfide) groups is 1. The van der Waals surface area contributed by atoms with Gasteiger partial charge in [-0.3, -0.25) is 4.99 Å². The van der Waals surface area contributed by atoms with E-state index in [1.807, 2.05) is 18.2 Å². The van der Waals surface area contributed by atoms with Gasteiger partial charge < -0.3 is 5.73 Å². The lowest BCUT2D eigenvalue weighted by Crippen LogP contribution is -2.21. The molecule has 2 aromatic carbocycles. The maximum Gasteiger partial charge on any atom is 0.123 e. The summed E-state index contributed by atoms with van der Waals surface area (Å²) in [5.41, 5.74) is 6.63. The minimum Gasteiger partial charge on any atom is -0.330 e. The van der Waals surface area contributed by atoms with E-state index < -0.39 is 0 Å². The number of benzene rings is 2. The van der Waals surface area contributed by atoms with Crippen LogP contribution in [0.2, 0.25) is 0 Å². The first-order chi connectivity index (χ1) is 9.79. The molecular weight excluding hydrogens is 271 g/mol. The molecule has 0 saturated carbocycles. The van der Waals surface area contributed by atoms with E-state index >= 15 is 0 Å². The topological polar surface area (TPSA) is 38.4 Å². The fraction of sp³-hybridized carbons (Fsp3) is 0.188. The summed E-state index contributed by atoms with van der Waals surface area (Å²) >= 11 is 1.74. The van der Waals surface area contributed by atoms with Crippen LogP contribution in [0.15, 0.2) is 53.5 Å². The van der Waals surface area contributed by atoms with Crippen molar-refractivity contribution in [3.63, 3.8) is 0 Å². The summed E-state index contributed by atoms with van der Waals surface area (Å²) in [7, 11) is 0. The van der Waals surface area contributed by atoms with Crippen LogP contribution in [-0.2, 0) is 0 Å². The third kappa shape index (κ3) is 2.49. The Kier molecular flexibility index (Phi) is 3.85. The zero-order chi connectivity index (χ0) is 13.9.